The summed E-state index contributed by atoms with van der Waals surface area (Å²) in [4.78, 5) is 3.73. The first-order valence-corrected chi connectivity index (χ1v) is 5.32. The molecule has 0 aromatic carbocycles. The first-order valence-electron chi connectivity index (χ1n) is 4.24. The standard InChI is InChI=1S/C9H5F4IN2O/c10-4-5-3-6(1-2-15)16-8(14)7(5)17-9(11,12)13/h3H,1,4H2. The number of hydrogen-bond acceptors (Lipinski definition) is 3. The highest BCUT2D eigenvalue weighted by Gasteiger charge is 2.33. The van der Waals surface area contributed by atoms with E-state index in [0.717, 1.165) is 6.07 Å². The molecule has 0 amide bonds. The number of pyridine rings is 1. The van der Waals surface area contributed by atoms with Crippen molar-refractivity contribution in [3.05, 3.63) is 21.0 Å². The minimum atomic E-state index is -4.90. The van der Waals surface area contributed by atoms with Crippen molar-refractivity contribution >= 4 is 22.6 Å². The summed E-state index contributed by atoms with van der Waals surface area (Å²) in [7, 11) is 0. The maximum absolute atomic E-state index is 12.6. The van der Waals surface area contributed by atoms with E-state index in [1.807, 2.05) is 0 Å². The van der Waals surface area contributed by atoms with Crippen LogP contribution in [0, 0.1) is 15.0 Å². The van der Waals surface area contributed by atoms with Gasteiger partial charge in [0.25, 0.3) is 0 Å². The number of hydrogen-bond donors (Lipinski definition) is 0. The molecule has 0 bridgehead atoms. The first kappa shape index (κ1) is 14.0. The Labute approximate surface area is 108 Å². The molecule has 8 heteroatoms. The van der Waals surface area contributed by atoms with Crippen LogP contribution in [0.4, 0.5) is 17.6 Å². The number of nitriles is 1. The Bertz CT molecular complexity index is 456. The molecule has 0 saturated carbocycles. The maximum atomic E-state index is 12.6. The summed E-state index contributed by atoms with van der Waals surface area (Å²) in [6, 6.07) is 2.87. The van der Waals surface area contributed by atoms with Crippen LogP contribution in [0.5, 0.6) is 5.75 Å². The van der Waals surface area contributed by atoms with Gasteiger partial charge in [-0.15, -0.1) is 13.2 Å². The zero-order chi connectivity index (χ0) is 13.1. The second kappa shape index (κ2) is 5.48. The van der Waals surface area contributed by atoms with Crippen LogP contribution in [0.15, 0.2) is 6.07 Å². The van der Waals surface area contributed by atoms with Gasteiger partial charge in [0.15, 0.2) is 5.75 Å². The number of aromatic nitrogens is 1. The summed E-state index contributed by atoms with van der Waals surface area (Å²) in [6.45, 7) is -1.12. The summed E-state index contributed by atoms with van der Waals surface area (Å²) in [5, 5.41) is 8.43. The van der Waals surface area contributed by atoms with Gasteiger partial charge in [-0.25, -0.2) is 9.37 Å². The van der Waals surface area contributed by atoms with E-state index >= 15 is 0 Å². The van der Waals surface area contributed by atoms with E-state index in [1.165, 1.54) is 22.6 Å². The molecular formula is C9H5F4IN2O. The van der Waals surface area contributed by atoms with E-state index in [2.05, 4.69) is 9.72 Å². The Kier molecular flexibility index (Phi) is 4.50. The molecule has 0 saturated heterocycles. The largest absolute Gasteiger partial charge is 0.573 e. The molecule has 92 valence electrons. The molecule has 1 aromatic rings. The number of alkyl halides is 4. The van der Waals surface area contributed by atoms with Crippen molar-refractivity contribution in [1.82, 2.24) is 4.98 Å². The fraction of sp³-hybridized carbons (Fsp3) is 0.333. The molecule has 0 unspecified atom stereocenters. The quantitative estimate of drug-likeness (QED) is 0.473. The highest BCUT2D eigenvalue weighted by atomic mass is 127. The molecular weight excluding hydrogens is 355 g/mol. The Morgan fingerprint density at radius 1 is 1.47 bits per heavy atom. The van der Waals surface area contributed by atoms with Crippen LogP contribution >= 0.6 is 22.6 Å². The number of rotatable bonds is 3. The minimum absolute atomic E-state index is 0.102. The fourth-order valence-corrected chi connectivity index (χ4v) is 1.87. The van der Waals surface area contributed by atoms with Crippen molar-refractivity contribution in [2.24, 2.45) is 0 Å². The molecule has 0 aliphatic heterocycles. The third kappa shape index (κ3) is 3.99. The first-order chi connectivity index (χ1) is 7.87. The Hall–Kier alpha value is -1.11. The van der Waals surface area contributed by atoms with E-state index in [1.54, 1.807) is 6.07 Å². The molecule has 1 rings (SSSR count). The fourth-order valence-electron chi connectivity index (χ4n) is 1.10. The molecule has 17 heavy (non-hydrogen) atoms. The minimum Gasteiger partial charge on any atom is -0.403 e. The van der Waals surface area contributed by atoms with Gasteiger partial charge >= 0.3 is 6.36 Å². The van der Waals surface area contributed by atoms with E-state index in [-0.39, 0.29) is 21.4 Å². The SMILES string of the molecule is N#CCc1cc(CF)c(OC(F)(F)F)c(I)n1. The van der Waals surface area contributed by atoms with Gasteiger partial charge in [0.1, 0.15) is 10.4 Å². The summed E-state index contributed by atoms with van der Waals surface area (Å²) >= 11 is 1.50. The highest BCUT2D eigenvalue weighted by Crippen LogP contribution is 2.31. The van der Waals surface area contributed by atoms with Crippen molar-refractivity contribution in [1.29, 1.82) is 5.26 Å². The predicted molar refractivity (Wildman–Crippen MR) is 57.8 cm³/mol. The van der Waals surface area contributed by atoms with Gasteiger partial charge in [0.2, 0.25) is 0 Å². The predicted octanol–water partition coefficient (Wildman–Crippen LogP) is 3.12. The lowest BCUT2D eigenvalue weighted by Gasteiger charge is -2.13. The van der Waals surface area contributed by atoms with Gasteiger partial charge in [-0.2, -0.15) is 5.26 Å². The topological polar surface area (TPSA) is 45.9 Å². The molecule has 1 heterocycles. The van der Waals surface area contributed by atoms with Crippen LogP contribution in [0.2, 0.25) is 0 Å². The molecule has 0 spiro atoms. The lowest BCUT2D eigenvalue weighted by Crippen LogP contribution is -2.19. The second-order valence-corrected chi connectivity index (χ2v) is 3.93. The molecule has 3 nitrogen and oxygen atoms in total. The van der Waals surface area contributed by atoms with E-state index < -0.39 is 18.8 Å². The molecule has 0 fully saturated rings. The van der Waals surface area contributed by atoms with Crippen molar-refractivity contribution in [3.8, 4) is 11.8 Å². The summed E-state index contributed by atoms with van der Waals surface area (Å²) in [5.74, 6) is -0.651. The molecule has 0 atom stereocenters. The Morgan fingerprint density at radius 2 is 2.12 bits per heavy atom. The molecule has 0 radical (unpaired) electrons. The van der Waals surface area contributed by atoms with Gasteiger partial charge in [-0.1, -0.05) is 0 Å². The molecule has 0 N–H and O–H groups in total. The van der Waals surface area contributed by atoms with E-state index in [0.29, 0.717) is 0 Å². The van der Waals surface area contributed by atoms with Gasteiger partial charge < -0.3 is 4.74 Å². The second-order valence-electron chi connectivity index (χ2n) is 2.91. The molecule has 0 aliphatic carbocycles. The van der Waals surface area contributed by atoms with E-state index in [4.69, 9.17) is 5.26 Å². The molecule has 1 aromatic heterocycles. The average molecular weight is 360 g/mol. The van der Waals surface area contributed by atoms with Crippen molar-refractivity contribution in [2.45, 2.75) is 19.5 Å². The van der Waals surface area contributed by atoms with Crippen molar-refractivity contribution in [2.75, 3.05) is 0 Å². The number of nitrogens with zero attached hydrogens (tertiary/aromatic N) is 2. The lowest BCUT2D eigenvalue weighted by atomic mass is 10.2. The normalized spacial score (nSPS) is 11.1. The molecule has 0 aliphatic rings. The van der Waals surface area contributed by atoms with Crippen LogP contribution in [0.25, 0.3) is 0 Å². The highest BCUT2D eigenvalue weighted by molar-refractivity contribution is 14.1. The maximum Gasteiger partial charge on any atom is 0.573 e. The number of halogens is 5. The zero-order valence-corrected chi connectivity index (χ0v) is 10.3. The lowest BCUT2D eigenvalue weighted by molar-refractivity contribution is -0.275. The third-order valence-corrected chi connectivity index (χ3v) is 2.41. The summed E-state index contributed by atoms with van der Waals surface area (Å²) in [6.07, 6.45) is -5.00. The van der Waals surface area contributed by atoms with Crippen LogP contribution in [0.3, 0.4) is 0 Å². The van der Waals surface area contributed by atoms with Gasteiger partial charge in [0, 0.05) is 5.56 Å². The monoisotopic (exact) mass is 360 g/mol. The van der Waals surface area contributed by atoms with Crippen LogP contribution in [0.1, 0.15) is 11.3 Å². The zero-order valence-electron chi connectivity index (χ0n) is 8.18. The van der Waals surface area contributed by atoms with E-state index in [9.17, 15) is 17.6 Å². The van der Waals surface area contributed by atoms with Gasteiger partial charge in [0.05, 0.1) is 18.2 Å². The van der Waals surface area contributed by atoms with Crippen LogP contribution in [-0.4, -0.2) is 11.3 Å². The van der Waals surface area contributed by atoms with Gasteiger partial charge in [-0.05, 0) is 28.7 Å². The third-order valence-electron chi connectivity index (χ3n) is 1.68. The van der Waals surface area contributed by atoms with Crippen molar-refractivity contribution < 1.29 is 22.3 Å². The van der Waals surface area contributed by atoms with Crippen LogP contribution < -0.4 is 4.74 Å². The summed E-state index contributed by atoms with van der Waals surface area (Å²) < 4.78 is 52.3. The summed E-state index contributed by atoms with van der Waals surface area (Å²) in [5.41, 5.74) is -0.0638. The Morgan fingerprint density at radius 3 is 2.59 bits per heavy atom. The van der Waals surface area contributed by atoms with Crippen molar-refractivity contribution in [3.63, 3.8) is 0 Å². The van der Waals surface area contributed by atoms with Crippen LogP contribution in [-0.2, 0) is 13.1 Å². The Balaban J connectivity index is 3.17. The average Bonchev–Trinajstić information content (AvgIpc) is 2.20. The smallest absolute Gasteiger partial charge is 0.403 e. The van der Waals surface area contributed by atoms with Gasteiger partial charge in [-0.3, -0.25) is 0 Å². The number of ether oxygens (including phenoxy) is 1.